The van der Waals surface area contributed by atoms with E-state index in [2.05, 4.69) is 30.0 Å². The highest BCUT2D eigenvalue weighted by atomic mass is 28.4. The summed E-state index contributed by atoms with van der Waals surface area (Å²) in [5, 5.41) is 27.9. The van der Waals surface area contributed by atoms with E-state index in [1.54, 1.807) is 16.8 Å². The normalized spacial score (nSPS) is 11.2. The molecule has 0 N–H and O–H groups in total. The predicted octanol–water partition coefficient (Wildman–Crippen LogP) is 2.97. The Morgan fingerprint density at radius 3 is 2.54 bits per heavy atom. The Hall–Kier alpha value is -2.57. The minimum atomic E-state index is -1.55. The van der Waals surface area contributed by atoms with Gasteiger partial charge in [-0.2, -0.15) is 5.26 Å². The number of rotatable bonds is 7. The van der Waals surface area contributed by atoms with Gasteiger partial charge >= 0.3 is 0 Å². The lowest BCUT2D eigenvalue weighted by atomic mass is 10.1. The standard InChI is InChI=1S/C15H19N5O3Si/c1-24(2,3)23-10-4-9-19-15(14(11-16)17-18-19)12-5-7-13(8-6-12)20(21)22/h5-8H,4,9-10H2,1-3H3. The first-order valence-electron chi connectivity index (χ1n) is 7.54. The lowest BCUT2D eigenvalue weighted by Gasteiger charge is -2.17. The summed E-state index contributed by atoms with van der Waals surface area (Å²) >= 11 is 0. The van der Waals surface area contributed by atoms with Crippen molar-refractivity contribution in [2.45, 2.75) is 32.6 Å². The van der Waals surface area contributed by atoms with Crippen LogP contribution < -0.4 is 0 Å². The molecule has 2 aromatic rings. The number of aromatic nitrogens is 3. The molecule has 126 valence electrons. The monoisotopic (exact) mass is 345 g/mol. The van der Waals surface area contributed by atoms with E-state index in [0.29, 0.717) is 24.4 Å². The first-order chi connectivity index (χ1) is 11.3. The predicted molar refractivity (Wildman–Crippen MR) is 90.7 cm³/mol. The summed E-state index contributed by atoms with van der Waals surface area (Å²) in [5.74, 6) is 0. The van der Waals surface area contributed by atoms with Gasteiger partial charge in [-0.3, -0.25) is 10.1 Å². The van der Waals surface area contributed by atoms with Gasteiger partial charge < -0.3 is 4.43 Å². The molecule has 0 bridgehead atoms. The molecule has 1 aromatic carbocycles. The van der Waals surface area contributed by atoms with E-state index in [4.69, 9.17) is 4.43 Å². The quantitative estimate of drug-likeness (QED) is 0.330. The fourth-order valence-electron chi connectivity index (χ4n) is 2.16. The van der Waals surface area contributed by atoms with Gasteiger partial charge in [0.2, 0.25) is 0 Å². The summed E-state index contributed by atoms with van der Waals surface area (Å²) in [6.07, 6.45) is 0.748. The average molecular weight is 345 g/mol. The number of hydrogen-bond donors (Lipinski definition) is 0. The van der Waals surface area contributed by atoms with Crippen molar-refractivity contribution in [1.82, 2.24) is 15.0 Å². The van der Waals surface area contributed by atoms with Crippen LogP contribution in [0.15, 0.2) is 24.3 Å². The number of nitrogens with zero attached hydrogens (tertiary/aromatic N) is 5. The van der Waals surface area contributed by atoms with Crippen molar-refractivity contribution in [3.63, 3.8) is 0 Å². The van der Waals surface area contributed by atoms with Crippen LogP contribution in [0, 0.1) is 21.4 Å². The molecule has 0 atom stereocenters. The Balaban J connectivity index is 2.18. The van der Waals surface area contributed by atoms with E-state index in [1.807, 2.05) is 6.07 Å². The maximum absolute atomic E-state index is 10.8. The Bertz CT molecular complexity index is 759. The largest absolute Gasteiger partial charge is 0.418 e. The number of nitro groups is 1. The molecule has 24 heavy (non-hydrogen) atoms. The van der Waals surface area contributed by atoms with E-state index in [-0.39, 0.29) is 11.4 Å². The molecule has 0 spiro atoms. The molecule has 0 aliphatic carbocycles. The summed E-state index contributed by atoms with van der Waals surface area (Å²) in [5.41, 5.74) is 1.45. The van der Waals surface area contributed by atoms with Crippen LogP contribution in [0.1, 0.15) is 12.1 Å². The summed E-state index contributed by atoms with van der Waals surface area (Å²) in [6.45, 7) is 7.55. The van der Waals surface area contributed by atoms with Crippen molar-refractivity contribution in [3.05, 3.63) is 40.1 Å². The first kappa shape index (κ1) is 17.8. The number of nitro benzene ring substituents is 1. The lowest BCUT2D eigenvalue weighted by Crippen LogP contribution is -2.26. The number of aryl methyl sites for hydroxylation is 1. The molecule has 0 unspecified atom stereocenters. The zero-order chi connectivity index (χ0) is 17.7. The molecule has 0 aliphatic rings. The minimum absolute atomic E-state index is 0.000168. The molecule has 1 aromatic heterocycles. The maximum atomic E-state index is 10.8. The van der Waals surface area contributed by atoms with Gasteiger partial charge in [0.25, 0.3) is 5.69 Å². The summed E-state index contributed by atoms with van der Waals surface area (Å²) in [4.78, 5) is 10.3. The fourth-order valence-corrected chi connectivity index (χ4v) is 2.92. The Morgan fingerprint density at radius 2 is 2.00 bits per heavy atom. The molecule has 0 aliphatic heterocycles. The molecule has 2 rings (SSSR count). The first-order valence-corrected chi connectivity index (χ1v) is 10.9. The van der Waals surface area contributed by atoms with Gasteiger partial charge in [-0.1, -0.05) is 5.21 Å². The second-order valence-electron chi connectivity index (χ2n) is 6.24. The molecular formula is C15H19N5O3Si. The highest BCUT2D eigenvalue weighted by Gasteiger charge is 2.17. The SMILES string of the molecule is C[Si](C)(C)OCCCn1nnc(C#N)c1-c1ccc([N+](=O)[O-])cc1. The third-order valence-corrected chi connectivity index (χ3v) is 4.31. The third-order valence-electron chi connectivity index (χ3n) is 3.24. The van der Waals surface area contributed by atoms with Crippen molar-refractivity contribution in [2.24, 2.45) is 0 Å². The molecule has 9 heteroatoms. The zero-order valence-electron chi connectivity index (χ0n) is 13.9. The second-order valence-corrected chi connectivity index (χ2v) is 10.8. The topological polar surface area (TPSA) is 107 Å². The van der Waals surface area contributed by atoms with Gasteiger partial charge in [-0.05, 0) is 38.2 Å². The molecular weight excluding hydrogens is 326 g/mol. The van der Waals surface area contributed by atoms with Crippen LogP contribution in [-0.2, 0) is 11.0 Å². The van der Waals surface area contributed by atoms with Gasteiger partial charge in [-0.25, -0.2) is 4.68 Å². The van der Waals surface area contributed by atoms with Crippen molar-refractivity contribution in [2.75, 3.05) is 6.61 Å². The molecule has 0 fully saturated rings. The minimum Gasteiger partial charge on any atom is -0.418 e. The lowest BCUT2D eigenvalue weighted by molar-refractivity contribution is -0.384. The Labute approximate surface area is 141 Å². The van der Waals surface area contributed by atoms with E-state index >= 15 is 0 Å². The Morgan fingerprint density at radius 1 is 1.33 bits per heavy atom. The number of hydrogen-bond acceptors (Lipinski definition) is 6. The van der Waals surface area contributed by atoms with Gasteiger partial charge in [-0.15, -0.1) is 5.10 Å². The van der Waals surface area contributed by atoms with E-state index in [9.17, 15) is 15.4 Å². The van der Waals surface area contributed by atoms with Crippen molar-refractivity contribution < 1.29 is 9.35 Å². The van der Waals surface area contributed by atoms with Crippen LogP contribution in [0.3, 0.4) is 0 Å². The fraction of sp³-hybridized carbons (Fsp3) is 0.400. The van der Waals surface area contributed by atoms with Crippen molar-refractivity contribution >= 4 is 14.0 Å². The van der Waals surface area contributed by atoms with E-state index in [1.165, 1.54) is 12.1 Å². The second kappa shape index (κ2) is 7.33. The van der Waals surface area contributed by atoms with Crippen LogP contribution in [0.2, 0.25) is 19.6 Å². The van der Waals surface area contributed by atoms with E-state index in [0.717, 1.165) is 6.42 Å². The molecule has 1 heterocycles. The smallest absolute Gasteiger partial charge is 0.269 e. The zero-order valence-corrected chi connectivity index (χ0v) is 14.9. The van der Waals surface area contributed by atoms with Crippen LogP contribution in [0.25, 0.3) is 11.3 Å². The summed E-state index contributed by atoms with van der Waals surface area (Å²) in [7, 11) is -1.55. The average Bonchev–Trinajstić information content (AvgIpc) is 2.93. The van der Waals surface area contributed by atoms with Gasteiger partial charge in [0.1, 0.15) is 11.8 Å². The van der Waals surface area contributed by atoms with Gasteiger partial charge in [0.15, 0.2) is 14.0 Å². The van der Waals surface area contributed by atoms with Gasteiger partial charge in [0.05, 0.1) is 4.92 Å². The van der Waals surface area contributed by atoms with Crippen LogP contribution in [0.4, 0.5) is 5.69 Å². The van der Waals surface area contributed by atoms with Crippen LogP contribution in [-0.4, -0.2) is 34.8 Å². The van der Waals surface area contributed by atoms with Gasteiger partial charge in [0, 0.05) is 30.8 Å². The Kier molecular flexibility index (Phi) is 5.43. The van der Waals surface area contributed by atoms with Crippen LogP contribution in [0.5, 0.6) is 0 Å². The maximum Gasteiger partial charge on any atom is 0.269 e. The molecule has 0 amide bonds. The number of benzene rings is 1. The van der Waals surface area contributed by atoms with Crippen molar-refractivity contribution in [3.8, 4) is 17.3 Å². The van der Waals surface area contributed by atoms with Crippen LogP contribution >= 0.6 is 0 Å². The molecule has 0 radical (unpaired) electrons. The van der Waals surface area contributed by atoms with Crippen molar-refractivity contribution in [1.29, 1.82) is 5.26 Å². The number of non-ortho nitro benzene ring substituents is 1. The molecule has 0 saturated heterocycles. The third kappa shape index (κ3) is 4.47. The highest BCUT2D eigenvalue weighted by Crippen LogP contribution is 2.24. The molecule has 0 saturated carbocycles. The highest BCUT2D eigenvalue weighted by molar-refractivity contribution is 6.69. The number of nitriles is 1. The summed E-state index contributed by atoms with van der Waals surface area (Å²) in [6, 6.07) is 8.03. The summed E-state index contributed by atoms with van der Waals surface area (Å²) < 4.78 is 7.46. The van der Waals surface area contributed by atoms with E-state index < -0.39 is 13.2 Å². The molecule has 8 nitrogen and oxygen atoms in total.